The molecule has 2 aliphatic rings. The molecule has 25 heavy (non-hydrogen) atoms. The summed E-state index contributed by atoms with van der Waals surface area (Å²) in [6.07, 6.45) is 0. The van der Waals surface area contributed by atoms with E-state index in [9.17, 15) is 4.79 Å². The second-order valence-corrected chi connectivity index (χ2v) is 8.52. The Morgan fingerprint density at radius 3 is 2.40 bits per heavy atom. The average molecular weight is 361 g/mol. The van der Waals surface area contributed by atoms with E-state index < -0.39 is 0 Å². The van der Waals surface area contributed by atoms with Gasteiger partial charge in [0.15, 0.2) is 0 Å². The van der Waals surface area contributed by atoms with Gasteiger partial charge in [-0.1, -0.05) is 30.3 Å². The topological polar surface area (TPSA) is 39.1 Å². The van der Waals surface area contributed by atoms with E-state index in [4.69, 9.17) is 4.99 Å². The molecule has 5 nitrogen and oxygen atoms in total. The lowest BCUT2D eigenvalue weighted by molar-refractivity contribution is 0.0827. The lowest BCUT2D eigenvalue weighted by Crippen LogP contribution is -2.60. The van der Waals surface area contributed by atoms with Gasteiger partial charge in [0, 0.05) is 46.0 Å². The molecule has 0 bridgehead atoms. The Morgan fingerprint density at radius 2 is 1.84 bits per heavy atom. The predicted molar refractivity (Wildman–Crippen MR) is 106 cm³/mol. The Hall–Kier alpha value is -1.53. The molecule has 2 atom stereocenters. The predicted octanol–water partition coefficient (Wildman–Crippen LogP) is 2.63. The van der Waals surface area contributed by atoms with Crippen LogP contribution in [0.2, 0.25) is 0 Å². The minimum atomic E-state index is -0.00840. The van der Waals surface area contributed by atoms with Gasteiger partial charge in [-0.15, -0.1) is 11.8 Å². The molecule has 2 heterocycles. The van der Waals surface area contributed by atoms with Crippen molar-refractivity contribution in [2.75, 3.05) is 46.0 Å². The molecule has 1 saturated heterocycles. The maximum Gasteiger partial charge on any atom is 0.319 e. The third-order valence-electron chi connectivity index (χ3n) is 5.29. The molecule has 2 amide bonds. The fraction of sp³-hybridized carbons (Fsp3) is 0.579. The molecule has 1 aromatic carbocycles. The molecule has 6 heteroatoms. The van der Waals surface area contributed by atoms with Crippen molar-refractivity contribution in [1.29, 1.82) is 0 Å². The van der Waals surface area contributed by atoms with E-state index in [0.717, 1.165) is 31.9 Å². The number of aliphatic imine (C=N–C) groups is 1. The van der Waals surface area contributed by atoms with Gasteiger partial charge in [0.25, 0.3) is 0 Å². The van der Waals surface area contributed by atoms with Crippen LogP contribution in [-0.2, 0) is 0 Å². The fourth-order valence-corrected chi connectivity index (χ4v) is 4.82. The van der Waals surface area contributed by atoms with E-state index in [1.165, 1.54) is 11.3 Å². The first-order chi connectivity index (χ1) is 11.9. The highest BCUT2D eigenvalue weighted by atomic mass is 32.2. The highest BCUT2D eigenvalue weighted by molar-refractivity contribution is 8.01. The lowest BCUT2D eigenvalue weighted by Gasteiger charge is -2.49. The van der Waals surface area contributed by atoms with Crippen molar-refractivity contribution in [2.45, 2.75) is 24.8 Å². The second-order valence-electron chi connectivity index (χ2n) is 7.11. The van der Waals surface area contributed by atoms with Crippen molar-refractivity contribution in [3.05, 3.63) is 35.9 Å². The van der Waals surface area contributed by atoms with E-state index in [1.807, 2.05) is 36.8 Å². The zero-order valence-corrected chi connectivity index (χ0v) is 16.4. The van der Waals surface area contributed by atoms with E-state index in [0.29, 0.717) is 0 Å². The van der Waals surface area contributed by atoms with Crippen molar-refractivity contribution in [3.63, 3.8) is 0 Å². The highest BCUT2D eigenvalue weighted by Gasteiger charge is 2.42. The van der Waals surface area contributed by atoms with Gasteiger partial charge in [-0.3, -0.25) is 9.89 Å². The summed E-state index contributed by atoms with van der Waals surface area (Å²) in [6, 6.07) is 10.8. The first kappa shape index (κ1) is 18.3. The normalized spacial score (nSPS) is 27.8. The second kappa shape index (κ2) is 7.38. The van der Waals surface area contributed by atoms with Gasteiger partial charge in [0.1, 0.15) is 0 Å². The van der Waals surface area contributed by atoms with Crippen LogP contribution in [0.15, 0.2) is 35.3 Å². The van der Waals surface area contributed by atoms with Crippen LogP contribution in [0.4, 0.5) is 4.79 Å². The molecule has 0 aliphatic carbocycles. The summed E-state index contributed by atoms with van der Waals surface area (Å²) in [5.74, 6) is 0.932. The van der Waals surface area contributed by atoms with Crippen molar-refractivity contribution in [3.8, 4) is 0 Å². The summed E-state index contributed by atoms with van der Waals surface area (Å²) in [6.45, 7) is 7.90. The number of nitrogens with zero attached hydrogens (tertiary/aromatic N) is 4. The van der Waals surface area contributed by atoms with Gasteiger partial charge in [0.05, 0.1) is 16.6 Å². The monoisotopic (exact) mass is 360 g/mol. The number of hydrogen-bond donors (Lipinski definition) is 0. The molecule has 3 rings (SSSR count). The maximum absolute atomic E-state index is 12.1. The van der Waals surface area contributed by atoms with E-state index in [1.54, 1.807) is 4.90 Å². The van der Waals surface area contributed by atoms with E-state index in [2.05, 4.69) is 43.0 Å². The van der Waals surface area contributed by atoms with Gasteiger partial charge in [-0.25, -0.2) is 4.79 Å². The fourth-order valence-electron chi connectivity index (χ4n) is 3.49. The molecule has 2 aliphatic heterocycles. The molecule has 2 unspecified atom stereocenters. The average Bonchev–Trinajstić information content (AvgIpc) is 2.64. The summed E-state index contributed by atoms with van der Waals surface area (Å²) >= 11 is 1.98. The van der Waals surface area contributed by atoms with Crippen molar-refractivity contribution in [1.82, 2.24) is 14.7 Å². The molecule has 0 radical (unpaired) electrons. The smallest absolute Gasteiger partial charge is 0.319 e. The van der Waals surface area contributed by atoms with Crippen LogP contribution in [-0.4, -0.2) is 83.4 Å². The summed E-state index contributed by atoms with van der Waals surface area (Å²) in [7, 11) is 3.63. The van der Waals surface area contributed by atoms with Crippen molar-refractivity contribution in [2.24, 2.45) is 4.99 Å². The van der Waals surface area contributed by atoms with Crippen LogP contribution in [0, 0.1) is 0 Å². The number of amides is 2. The maximum atomic E-state index is 12.1. The molecule has 136 valence electrons. The molecule has 1 fully saturated rings. The van der Waals surface area contributed by atoms with E-state index in [-0.39, 0.29) is 16.9 Å². The third-order valence-corrected chi connectivity index (χ3v) is 6.89. The summed E-state index contributed by atoms with van der Waals surface area (Å²) in [5.41, 5.74) is 2.42. The first-order valence-electron chi connectivity index (χ1n) is 8.89. The molecule has 0 N–H and O–H groups in total. The van der Waals surface area contributed by atoms with Crippen LogP contribution in [0.3, 0.4) is 0 Å². The Labute approximate surface area is 155 Å². The molecule has 0 saturated carbocycles. The van der Waals surface area contributed by atoms with Gasteiger partial charge < -0.3 is 9.80 Å². The van der Waals surface area contributed by atoms with Crippen LogP contribution in [0.1, 0.15) is 19.4 Å². The van der Waals surface area contributed by atoms with Crippen LogP contribution in [0.25, 0.3) is 0 Å². The molecule has 0 spiro atoms. The standard InChI is InChI=1S/C19H28N4OS/c1-15-19(2,23-12-10-22(11-13-23)18(24)21(3)4)25-14-17(20-15)16-8-6-5-7-9-16/h5-9,15H,10-14H2,1-4H3. The van der Waals surface area contributed by atoms with Gasteiger partial charge in [-0.05, 0) is 19.4 Å². The van der Waals surface area contributed by atoms with Crippen molar-refractivity contribution >= 4 is 23.5 Å². The van der Waals surface area contributed by atoms with Crippen molar-refractivity contribution < 1.29 is 4.79 Å². The Balaban J connectivity index is 1.68. The molecule has 0 aromatic heterocycles. The number of carbonyl (C=O) groups is 1. The van der Waals surface area contributed by atoms with Crippen LogP contribution >= 0.6 is 11.8 Å². The Morgan fingerprint density at radius 1 is 1.20 bits per heavy atom. The van der Waals surface area contributed by atoms with Gasteiger partial charge in [0.2, 0.25) is 0 Å². The number of hydrogen-bond acceptors (Lipinski definition) is 4. The number of carbonyl (C=O) groups excluding carboxylic acids is 1. The van der Waals surface area contributed by atoms with E-state index >= 15 is 0 Å². The zero-order chi connectivity index (χ0) is 18.0. The van der Waals surface area contributed by atoms with Crippen LogP contribution in [0.5, 0.6) is 0 Å². The summed E-state index contributed by atoms with van der Waals surface area (Å²) in [4.78, 5) is 23.3. The lowest BCUT2D eigenvalue weighted by atomic mass is 10.1. The Bertz CT molecular complexity index is 640. The summed E-state index contributed by atoms with van der Waals surface area (Å²) in [5, 5.41) is 0. The molecular formula is C19H28N4OS. The third kappa shape index (κ3) is 3.70. The molecular weight excluding hydrogens is 332 g/mol. The zero-order valence-electron chi connectivity index (χ0n) is 15.6. The Kier molecular flexibility index (Phi) is 5.39. The number of rotatable bonds is 2. The SMILES string of the molecule is CC1N=C(c2ccccc2)CSC1(C)N1CCN(C(=O)N(C)C)CC1. The van der Waals surface area contributed by atoms with Gasteiger partial charge in [-0.2, -0.15) is 0 Å². The molecule has 1 aromatic rings. The highest BCUT2D eigenvalue weighted by Crippen LogP contribution is 2.39. The number of urea groups is 1. The number of piperazine rings is 1. The largest absolute Gasteiger partial charge is 0.331 e. The van der Waals surface area contributed by atoms with Gasteiger partial charge >= 0.3 is 6.03 Å². The first-order valence-corrected chi connectivity index (χ1v) is 9.87. The van der Waals surface area contributed by atoms with Crippen LogP contribution < -0.4 is 0 Å². The minimum absolute atomic E-state index is 0.00840. The summed E-state index contributed by atoms with van der Waals surface area (Å²) < 4.78 is 0. The minimum Gasteiger partial charge on any atom is -0.331 e. The number of benzene rings is 1. The quantitative estimate of drug-likeness (QED) is 0.814. The number of thioether (sulfide) groups is 1.